The van der Waals surface area contributed by atoms with E-state index < -0.39 is 18.0 Å². The van der Waals surface area contributed by atoms with Crippen LogP contribution < -0.4 is 5.73 Å². The van der Waals surface area contributed by atoms with Gasteiger partial charge in [0.25, 0.3) is 0 Å². The Balaban J connectivity index is 0.000000206. The fraction of sp³-hybridized carbons (Fsp3) is 0.231. The van der Waals surface area contributed by atoms with Crippen molar-refractivity contribution in [1.82, 2.24) is 0 Å². The highest BCUT2D eigenvalue weighted by molar-refractivity contribution is 7.98. The number of thioether (sulfide) groups is 1. The first-order valence-electron chi connectivity index (χ1n) is 5.57. The van der Waals surface area contributed by atoms with E-state index in [0.717, 1.165) is 7.11 Å². The minimum Gasteiger partial charge on any atom is -0.480 e. The van der Waals surface area contributed by atoms with Gasteiger partial charge in [0.2, 0.25) is 6.04 Å². The number of carboxylic acid groups (broad SMARTS) is 1. The van der Waals surface area contributed by atoms with Gasteiger partial charge in [0, 0.05) is 9.60 Å². The van der Waals surface area contributed by atoms with Gasteiger partial charge >= 0.3 is 11.9 Å². The predicted molar refractivity (Wildman–Crippen MR) is 81.2 cm³/mol. The van der Waals surface area contributed by atoms with Gasteiger partial charge in [0.15, 0.2) is 0 Å². The van der Waals surface area contributed by atoms with Gasteiger partial charge in [0.05, 0.1) is 7.11 Å². The zero-order chi connectivity index (χ0) is 15.1. The largest absolute Gasteiger partial charge is 0.480 e. The van der Waals surface area contributed by atoms with Crippen LogP contribution >= 0.6 is 23.1 Å². The normalized spacial score (nSPS) is 11.3. The second-order valence-electron chi connectivity index (χ2n) is 3.66. The number of carbonyl (C=O) groups is 2. The monoisotopic (exact) mass is 313 g/mol. The number of thiophene rings is 1. The summed E-state index contributed by atoms with van der Waals surface area (Å²) in [7, 11) is 1.07. The SMILES string of the molecule is COC(=O)C(N)C(=O)O.CSc1ccc2sccc2c1. The zero-order valence-corrected chi connectivity index (χ0v) is 12.7. The molecule has 0 saturated carbocycles. The van der Waals surface area contributed by atoms with Crippen molar-refractivity contribution in [2.45, 2.75) is 10.9 Å². The molecule has 1 heterocycles. The number of carboxylic acids is 1. The fourth-order valence-electron chi connectivity index (χ4n) is 1.30. The minimum absolute atomic E-state index is 0.942. The zero-order valence-electron chi connectivity index (χ0n) is 11.0. The number of ether oxygens (including phenoxy) is 1. The number of hydrogen-bond acceptors (Lipinski definition) is 6. The van der Waals surface area contributed by atoms with Crippen LogP contribution in [-0.2, 0) is 14.3 Å². The fourth-order valence-corrected chi connectivity index (χ4v) is 2.52. The first kappa shape index (κ1) is 16.5. The molecule has 0 spiro atoms. The van der Waals surface area contributed by atoms with E-state index in [1.165, 1.54) is 15.0 Å². The maximum atomic E-state index is 10.2. The number of esters is 1. The molecule has 2 aromatic rings. The molecule has 3 N–H and O–H groups in total. The van der Waals surface area contributed by atoms with Crippen LogP contribution in [0.15, 0.2) is 34.5 Å². The lowest BCUT2D eigenvalue weighted by atomic mass is 10.3. The highest BCUT2D eigenvalue weighted by atomic mass is 32.2. The third-order valence-corrected chi connectivity index (χ3v) is 4.00. The molecule has 0 aliphatic rings. The van der Waals surface area contributed by atoms with E-state index >= 15 is 0 Å². The number of benzene rings is 1. The molecule has 7 heteroatoms. The second-order valence-corrected chi connectivity index (χ2v) is 5.49. The lowest BCUT2D eigenvalue weighted by Crippen LogP contribution is -2.39. The van der Waals surface area contributed by atoms with Gasteiger partial charge in [-0.3, -0.25) is 0 Å². The van der Waals surface area contributed by atoms with Crippen LogP contribution in [0.5, 0.6) is 0 Å². The van der Waals surface area contributed by atoms with Crippen LogP contribution in [-0.4, -0.2) is 36.5 Å². The summed E-state index contributed by atoms with van der Waals surface area (Å²) in [6.07, 6.45) is 2.10. The smallest absolute Gasteiger partial charge is 0.334 e. The van der Waals surface area contributed by atoms with Crippen LogP contribution in [0.3, 0.4) is 0 Å². The van der Waals surface area contributed by atoms with E-state index in [1.54, 1.807) is 23.1 Å². The molecule has 108 valence electrons. The molecule has 1 unspecified atom stereocenters. The van der Waals surface area contributed by atoms with Gasteiger partial charge in [-0.25, -0.2) is 9.59 Å². The molecule has 1 atom stereocenters. The van der Waals surface area contributed by atoms with Crippen molar-refractivity contribution < 1.29 is 19.4 Å². The van der Waals surface area contributed by atoms with Crippen LogP contribution in [0.25, 0.3) is 10.1 Å². The summed E-state index contributed by atoms with van der Waals surface area (Å²) in [6.45, 7) is 0. The van der Waals surface area contributed by atoms with Crippen LogP contribution in [0.1, 0.15) is 0 Å². The van der Waals surface area contributed by atoms with E-state index in [9.17, 15) is 9.59 Å². The van der Waals surface area contributed by atoms with Gasteiger partial charge in [-0.2, -0.15) is 0 Å². The summed E-state index contributed by atoms with van der Waals surface area (Å²) in [5.74, 6) is -2.33. The van der Waals surface area contributed by atoms with Crippen molar-refractivity contribution >= 4 is 45.1 Å². The quantitative estimate of drug-likeness (QED) is 0.513. The first-order chi connectivity index (χ1) is 9.49. The van der Waals surface area contributed by atoms with Crippen molar-refractivity contribution in [1.29, 1.82) is 0 Å². The van der Waals surface area contributed by atoms with Gasteiger partial charge in [-0.15, -0.1) is 23.1 Å². The van der Waals surface area contributed by atoms with Crippen molar-refractivity contribution in [2.24, 2.45) is 5.73 Å². The van der Waals surface area contributed by atoms with Crippen molar-refractivity contribution in [3.8, 4) is 0 Å². The Morgan fingerprint density at radius 3 is 2.60 bits per heavy atom. The Bertz CT molecular complexity index is 597. The number of methoxy groups -OCH3 is 1. The molecule has 0 saturated heterocycles. The molecule has 1 aromatic heterocycles. The number of hydrogen-bond donors (Lipinski definition) is 2. The molecule has 1 aromatic carbocycles. The highest BCUT2D eigenvalue weighted by Crippen LogP contribution is 2.25. The van der Waals surface area contributed by atoms with E-state index in [2.05, 4.69) is 40.6 Å². The molecule has 0 bridgehead atoms. The summed E-state index contributed by atoms with van der Waals surface area (Å²) in [5.41, 5.74) is 4.80. The number of carbonyl (C=O) groups excluding carboxylic acids is 1. The first-order valence-corrected chi connectivity index (χ1v) is 7.67. The molecule has 0 fully saturated rings. The maximum absolute atomic E-state index is 10.2. The molecular weight excluding hydrogens is 298 g/mol. The Kier molecular flexibility index (Phi) is 6.50. The van der Waals surface area contributed by atoms with Crippen LogP contribution in [0.4, 0.5) is 0 Å². The van der Waals surface area contributed by atoms with E-state index in [4.69, 9.17) is 10.8 Å². The molecule has 0 radical (unpaired) electrons. The van der Waals surface area contributed by atoms with Crippen molar-refractivity contribution in [2.75, 3.05) is 13.4 Å². The summed E-state index contributed by atoms with van der Waals surface area (Å²) in [5, 5.41) is 11.6. The standard InChI is InChI=1S/C9H8S2.C4H7NO4/c1-10-8-2-3-9-7(6-8)4-5-11-9;1-9-4(8)2(5)3(6)7/h2-6H,1H3;2H,5H2,1H3,(H,6,7). The molecule has 5 nitrogen and oxygen atoms in total. The van der Waals surface area contributed by atoms with Gasteiger partial charge < -0.3 is 15.6 Å². The lowest BCUT2D eigenvalue weighted by molar-refractivity contribution is -0.151. The third kappa shape index (κ3) is 4.52. The second kappa shape index (κ2) is 7.88. The topological polar surface area (TPSA) is 89.6 Å². The Morgan fingerprint density at radius 2 is 2.10 bits per heavy atom. The lowest BCUT2D eigenvalue weighted by Gasteiger charge is -2.00. The van der Waals surface area contributed by atoms with Crippen LogP contribution in [0, 0.1) is 0 Å². The molecule has 0 aliphatic carbocycles. The Labute approximate surface area is 124 Å². The van der Waals surface area contributed by atoms with E-state index in [-0.39, 0.29) is 0 Å². The maximum Gasteiger partial charge on any atom is 0.334 e. The summed E-state index contributed by atoms with van der Waals surface area (Å²) < 4.78 is 5.41. The summed E-state index contributed by atoms with van der Waals surface area (Å²) >= 11 is 3.59. The average Bonchev–Trinajstić information content (AvgIpc) is 2.93. The van der Waals surface area contributed by atoms with Crippen LogP contribution in [0.2, 0.25) is 0 Å². The molecular formula is C13H15NO4S2. The Morgan fingerprint density at radius 1 is 1.40 bits per heavy atom. The average molecular weight is 313 g/mol. The van der Waals surface area contributed by atoms with Crippen molar-refractivity contribution in [3.63, 3.8) is 0 Å². The summed E-state index contributed by atoms with van der Waals surface area (Å²) in [4.78, 5) is 21.4. The Hall–Kier alpha value is -1.57. The highest BCUT2D eigenvalue weighted by Gasteiger charge is 2.21. The molecule has 20 heavy (non-hydrogen) atoms. The number of rotatable bonds is 3. The minimum atomic E-state index is -1.56. The number of fused-ring (bicyclic) bond motifs is 1. The third-order valence-electron chi connectivity index (χ3n) is 2.38. The van der Waals surface area contributed by atoms with E-state index in [1.807, 2.05) is 0 Å². The molecule has 0 amide bonds. The van der Waals surface area contributed by atoms with Gasteiger partial charge in [-0.1, -0.05) is 0 Å². The van der Waals surface area contributed by atoms with Gasteiger partial charge in [0.1, 0.15) is 0 Å². The van der Waals surface area contributed by atoms with Gasteiger partial charge in [-0.05, 0) is 41.3 Å². The van der Waals surface area contributed by atoms with E-state index in [0.29, 0.717) is 0 Å². The summed E-state index contributed by atoms with van der Waals surface area (Å²) in [6, 6.07) is 7.20. The predicted octanol–water partition coefficient (Wildman–Crippen LogP) is 2.19. The van der Waals surface area contributed by atoms with Crippen molar-refractivity contribution in [3.05, 3.63) is 29.6 Å². The molecule has 0 aliphatic heterocycles. The molecule has 2 rings (SSSR count). The number of aliphatic carboxylic acids is 1. The number of nitrogens with two attached hydrogens (primary N) is 1.